The number of nitrogens with zero attached hydrogens (tertiary/aromatic N) is 1. The second kappa shape index (κ2) is 7.79. The highest BCUT2D eigenvalue weighted by Crippen LogP contribution is 2.28. The van der Waals surface area contributed by atoms with Crippen LogP contribution in [0.15, 0.2) is 48.5 Å². The number of halogens is 3. The van der Waals surface area contributed by atoms with Crippen molar-refractivity contribution in [2.45, 2.75) is 25.7 Å². The first-order valence-corrected chi connectivity index (χ1v) is 8.49. The van der Waals surface area contributed by atoms with E-state index >= 15 is 0 Å². The summed E-state index contributed by atoms with van der Waals surface area (Å²) in [5.74, 6) is -0.558. The lowest BCUT2D eigenvalue weighted by Gasteiger charge is -2.17. The first kappa shape index (κ1) is 19.5. The Balaban J connectivity index is 1.68. The van der Waals surface area contributed by atoms with Gasteiger partial charge in [-0.3, -0.25) is 9.59 Å². The molecule has 1 atom stereocenters. The van der Waals surface area contributed by atoms with Crippen molar-refractivity contribution in [1.82, 2.24) is 0 Å². The summed E-state index contributed by atoms with van der Waals surface area (Å²) in [4.78, 5) is 26.0. The van der Waals surface area contributed by atoms with E-state index in [0.717, 1.165) is 17.0 Å². The highest BCUT2D eigenvalue weighted by Gasteiger charge is 2.39. The quantitative estimate of drug-likeness (QED) is 0.757. The van der Waals surface area contributed by atoms with Gasteiger partial charge in [-0.15, -0.1) is 13.2 Å². The van der Waals surface area contributed by atoms with Crippen molar-refractivity contribution in [3.63, 3.8) is 0 Å². The van der Waals surface area contributed by atoms with Crippen molar-refractivity contribution in [1.29, 1.82) is 0 Å². The van der Waals surface area contributed by atoms with Crippen LogP contribution in [0.5, 0.6) is 11.5 Å². The Morgan fingerprint density at radius 3 is 2.21 bits per heavy atom. The summed E-state index contributed by atoms with van der Waals surface area (Å²) < 4.78 is 45.7. The number of carbonyl (C=O) groups is 2. The van der Waals surface area contributed by atoms with Crippen molar-refractivity contribution in [2.24, 2.45) is 0 Å². The number of imide groups is 1. The van der Waals surface area contributed by atoms with Crippen LogP contribution in [0.3, 0.4) is 0 Å². The lowest BCUT2D eigenvalue weighted by Crippen LogP contribution is -2.34. The summed E-state index contributed by atoms with van der Waals surface area (Å²) in [5, 5.41) is 2.87. The predicted octanol–water partition coefficient (Wildman–Crippen LogP) is 3.73. The molecular formula is C19H17F3N2O4. The van der Waals surface area contributed by atoms with Crippen LogP contribution in [0.4, 0.5) is 24.5 Å². The Bertz CT molecular complexity index is 851. The zero-order valence-corrected chi connectivity index (χ0v) is 14.8. The summed E-state index contributed by atoms with van der Waals surface area (Å²) >= 11 is 0. The fraction of sp³-hybridized carbons (Fsp3) is 0.263. The normalized spacial score (nSPS) is 17.0. The number of benzene rings is 2. The molecule has 2 aromatic carbocycles. The molecule has 0 bridgehead atoms. The maximum Gasteiger partial charge on any atom is 0.573 e. The van der Waals surface area contributed by atoms with Gasteiger partial charge in [0.25, 0.3) is 5.91 Å². The Morgan fingerprint density at radius 1 is 1.04 bits per heavy atom. The third-order valence-electron chi connectivity index (χ3n) is 3.98. The Labute approximate surface area is 158 Å². The molecule has 0 radical (unpaired) electrons. The topological polar surface area (TPSA) is 67.9 Å². The number of nitrogens with one attached hydrogen (secondary N) is 1. The van der Waals surface area contributed by atoms with E-state index in [1.54, 1.807) is 24.3 Å². The van der Waals surface area contributed by atoms with E-state index in [9.17, 15) is 22.8 Å². The predicted molar refractivity (Wildman–Crippen MR) is 95.3 cm³/mol. The Hall–Kier alpha value is -3.23. The molecule has 1 heterocycles. The van der Waals surface area contributed by atoms with E-state index in [1.165, 1.54) is 12.1 Å². The van der Waals surface area contributed by atoms with Gasteiger partial charge in [-0.05, 0) is 55.5 Å². The van der Waals surface area contributed by atoms with Crippen molar-refractivity contribution in [2.75, 3.05) is 16.8 Å². The average Bonchev–Trinajstić information content (AvgIpc) is 2.90. The second-order valence-electron chi connectivity index (χ2n) is 5.97. The van der Waals surface area contributed by atoms with Gasteiger partial charge in [0, 0.05) is 5.69 Å². The molecule has 1 saturated heterocycles. The molecule has 148 valence electrons. The van der Waals surface area contributed by atoms with Crippen LogP contribution in [0, 0.1) is 0 Å². The SMILES string of the molecule is CCOc1ccc(N2C(=O)C[C@H](Nc3ccc(OC(F)(F)F)cc3)C2=O)cc1. The molecule has 2 aromatic rings. The van der Waals surface area contributed by atoms with Crippen molar-refractivity contribution < 1.29 is 32.2 Å². The van der Waals surface area contributed by atoms with Crippen LogP contribution in [0.1, 0.15) is 13.3 Å². The first-order chi connectivity index (χ1) is 13.3. The van der Waals surface area contributed by atoms with Crippen LogP contribution in [0.2, 0.25) is 0 Å². The van der Waals surface area contributed by atoms with Gasteiger partial charge < -0.3 is 14.8 Å². The molecule has 0 aromatic heterocycles. The molecule has 1 aliphatic heterocycles. The van der Waals surface area contributed by atoms with Gasteiger partial charge in [-0.25, -0.2) is 4.90 Å². The number of anilines is 2. The van der Waals surface area contributed by atoms with E-state index < -0.39 is 18.3 Å². The third-order valence-corrected chi connectivity index (χ3v) is 3.98. The molecule has 0 saturated carbocycles. The summed E-state index contributed by atoms with van der Waals surface area (Å²) in [6, 6.07) is 10.7. The van der Waals surface area contributed by atoms with E-state index in [1.807, 2.05) is 6.92 Å². The van der Waals surface area contributed by atoms with Crippen LogP contribution in [-0.2, 0) is 9.59 Å². The highest BCUT2D eigenvalue weighted by atomic mass is 19.4. The van der Waals surface area contributed by atoms with Gasteiger partial charge >= 0.3 is 6.36 Å². The van der Waals surface area contributed by atoms with Gasteiger partial charge in [0.15, 0.2) is 0 Å². The number of carbonyl (C=O) groups excluding carboxylic acids is 2. The Kier molecular flexibility index (Phi) is 5.43. The molecule has 6 nitrogen and oxygen atoms in total. The van der Waals surface area contributed by atoms with Crippen molar-refractivity contribution >= 4 is 23.2 Å². The van der Waals surface area contributed by atoms with E-state index in [0.29, 0.717) is 23.7 Å². The summed E-state index contributed by atoms with van der Waals surface area (Å²) in [7, 11) is 0. The molecule has 1 fully saturated rings. The molecule has 9 heteroatoms. The van der Waals surface area contributed by atoms with Crippen molar-refractivity contribution in [3.8, 4) is 11.5 Å². The number of ether oxygens (including phenoxy) is 2. The smallest absolute Gasteiger partial charge is 0.494 e. The zero-order valence-electron chi connectivity index (χ0n) is 14.8. The fourth-order valence-electron chi connectivity index (χ4n) is 2.83. The number of alkyl halides is 3. The maximum atomic E-state index is 12.6. The minimum absolute atomic E-state index is 0.0627. The van der Waals surface area contributed by atoms with E-state index in [-0.39, 0.29) is 18.1 Å². The lowest BCUT2D eigenvalue weighted by molar-refractivity contribution is -0.274. The molecule has 3 rings (SSSR count). The van der Waals surface area contributed by atoms with Gasteiger partial charge in [0.05, 0.1) is 18.7 Å². The molecule has 28 heavy (non-hydrogen) atoms. The zero-order chi connectivity index (χ0) is 20.3. The van der Waals surface area contributed by atoms with Crippen LogP contribution < -0.4 is 19.7 Å². The molecular weight excluding hydrogens is 377 g/mol. The molecule has 1 aliphatic rings. The third kappa shape index (κ3) is 4.54. The number of amides is 2. The van der Waals surface area contributed by atoms with Gasteiger partial charge in [0.1, 0.15) is 17.5 Å². The Morgan fingerprint density at radius 2 is 1.64 bits per heavy atom. The van der Waals surface area contributed by atoms with Crippen LogP contribution in [-0.4, -0.2) is 30.8 Å². The lowest BCUT2D eigenvalue weighted by atomic mass is 10.2. The summed E-state index contributed by atoms with van der Waals surface area (Å²) in [6.07, 6.45) is -4.84. The van der Waals surface area contributed by atoms with E-state index in [2.05, 4.69) is 10.1 Å². The largest absolute Gasteiger partial charge is 0.573 e. The molecule has 2 amide bonds. The van der Waals surface area contributed by atoms with Crippen LogP contribution >= 0.6 is 0 Å². The second-order valence-corrected chi connectivity index (χ2v) is 5.97. The minimum atomic E-state index is -4.78. The first-order valence-electron chi connectivity index (χ1n) is 8.49. The minimum Gasteiger partial charge on any atom is -0.494 e. The number of hydrogen-bond acceptors (Lipinski definition) is 5. The van der Waals surface area contributed by atoms with Crippen LogP contribution in [0.25, 0.3) is 0 Å². The fourth-order valence-corrected chi connectivity index (χ4v) is 2.83. The molecule has 1 N–H and O–H groups in total. The maximum absolute atomic E-state index is 12.6. The average molecular weight is 394 g/mol. The summed E-state index contributed by atoms with van der Waals surface area (Å²) in [5.41, 5.74) is 0.825. The molecule has 0 aliphatic carbocycles. The molecule has 0 unspecified atom stereocenters. The van der Waals surface area contributed by atoms with Gasteiger partial charge in [-0.2, -0.15) is 0 Å². The molecule has 0 spiro atoms. The standard InChI is InChI=1S/C19H17F3N2O4/c1-2-27-14-9-5-13(6-10-14)24-17(25)11-16(18(24)26)23-12-3-7-15(8-4-12)28-19(20,21)22/h3-10,16,23H,2,11H2,1H3/t16-/m0/s1. The van der Waals surface area contributed by atoms with Gasteiger partial charge in [0.2, 0.25) is 5.91 Å². The summed E-state index contributed by atoms with van der Waals surface area (Å²) in [6.45, 7) is 2.35. The monoisotopic (exact) mass is 394 g/mol. The number of hydrogen-bond donors (Lipinski definition) is 1. The highest BCUT2D eigenvalue weighted by molar-refractivity contribution is 6.23. The van der Waals surface area contributed by atoms with Gasteiger partial charge in [-0.1, -0.05) is 0 Å². The number of rotatable bonds is 6. The van der Waals surface area contributed by atoms with Crippen molar-refractivity contribution in [3.05, 3.63) is 48.5 Å². The van der Waals surface area contributed by atoms with E-state index in [4.69, 9.17) is 4.74 Å².